The topological polar surface area (TPSA) is 64.7 Å². The normalized spacial score (nSPS) is 15.2. The van der Waals surface area contributed by atoms with Gasteiger partial charge in [-0.05, 0) is 19.1 Å². The van der Waals surface area contributed by atoms with Crippen molar-refractivity contribution in [2.75, 3.05) is 40.3 Å². The molecule has 3 heterocycles. The largest absolute Gasteiger partial charge is 0.497 e. The fraction of sp³-hybridized carbons (Fsp3) is 0.350. The van der Waals surface area contributed by atoms with Crippen LogP contribution in [0.1, 0.15) is 16.1 Å². The van der Waals surface area contributed by atoms with Crippen LogP contribution < -0.4 is 9.64 Å². The number of hydrogen-bond donors (Lipinski definition) is 1. The van der Waals surface area contributed by atoms with Gasteiger partial charge in [0.2, 0.25) is 0 Å². The van der Waals surface area contributed by atoms with Gasteiger partial charge in [0.05, 0.1) is 67.7 Å². The Morgan fingerprint density at radius 3 is 2.75 bits per heavy atom. The first-order chi connectivity index (χ1) is 13.5. The highest BCUT2D eigenvalue weighted by molar-refractivity contribution is 6.38. The first-order valence-electron chi connectivity index (χ1n) is 9.28. The number of methoxy groups -OCH3 is 1. The summed E-state index contributed by atoms with van der Waals surface area (Å²) < 4.78 is 7.03. The van der Waals surface area contributed by atoms with E-state index >= 15 is 0 Å². The molecule has 2 aromatic heterocycles. The van der Waals surface area contributed by atoms with Gasteiger partial charge < -0.3 is 14.5 Å². The molecule has 1 aliphatic heterocycles. The molecule has 1 aromatic carbocycles. The Hall–Kier alpha value is -2.64. The molecule has 0 unspecified atom stereocenters. The number of piperazine rings is 1. The number of quaternary nitrogens is 1. The van der Waals surface area contributed by atoms with Crippen molar-refractivity contribution < 1.29 is 14.4 Å². The zero-order valence-corrected chi connectivity index (χ0v) is 17.0. The van der Waals surface area contributed by atoms with Gasteiger partial charge in [-0.2, -0.15) is 5.10 Å². The second-order valence-corrected chi connectivity index (χ2v) is 7.51. The third-order valence-corrected chi connectivity index (χ3v) is 5.63. The van der Waals surface area contributed by atoms with Gasteiger partial charge in [-0.3, -0.25) is 4.79 Å². The number of pyridine rings is 1. The summed E-state index contributed by atoms with van der Waals surface area (Å²) in [7, 11) is 3.76. The zero-order chi connectivity index (χ0) is 19.8. The third-order valence-electron chi connectivity index (χ3n) is 5.24. The number of fused-ring (bicyclic) bond motifs is 1. The number of aromatic nitrogens is 3. The van der Waals surface area contributed by atoms with Crippen molar-refractivity contribution in [3.05, 3.63) is 46.7 Å². The molecule has 0 bridgehead atoms. The van der Waals surface area contributed by atoms with Crippen LogP contribution in [-0.4, -0.2) is 65.9 Å². The third kappa shape index (κ3) is 3.21. The number of likely N-dealkylation sites (N-methyl/N-ethyl adjacent to an activating group) is 1. The summed E-state index contributed by atoms with van der Waals surface area (Å²) in [5, 5.41) is 5.72. The number of ether oxygens (including phenoxy) is 1. The lowest BCUT2D eigenvalue weighted by molar-refractivity contribution is -0.883. The predicted octanol–water partition coefficient (Wildman–Crippen LogP) is 1.36. The van der Waals surface area contributed by atoms with Crippen LogP contribution in [0.15, 0.2) is 30.5 Å². The van der Waals surface area contributed by atoms with Crippen LogP contribution in [0.5, 0.6) is 5.75 Å². The van der Waals surface area contributed by atoms with E-state index in [2.05, 4.69) is 17.1 Å². The molecule has 1 aliphatic rings. The minimum atomic E-state index is -0.0690. The quantitative estimate of drug-likeness (QED) is 0.721. The lowest BCUT2D eigenvalue weighted by Gasteiger charge is -2.30. The van der Waals surface area contributed by atoms with E-state index in [-0.39, 0.29) is 5.91 Å². The maximum absolute atomic E-state index is 13.0. The van der Waals surface area contributed by atoms with Crippen LogP contribution >= 0.6 is 11.6 Å². The number of carbonyl (C=O) groups excluding carboxylic acids is 1. The first kappa shape index (κ1) is 18.7. The molecule has 0 radical (unpaired) electrons. The summed E-state index contributed by atoms with van der Waals surface area (Å²) in [6, 6.07) is 7.57. The number of nitrogens with one attached hydrogen (secondary N) is 1. The number of rotatable bonds is 3. The molecule has 8 heteroatoms. The monoisotopic (exact) mass is 400 g/mol. The molecule has 7 nitrogen and oxygen atoms in total. The van der Waals surface area contributed by atoms with E-state index < -0.39 is 0 Å². The Labute approximate surface area is 168 Å². The summed E-state index contributed by atoms with van der Waals surface area (Å²) in [5.41, 5.74) is 2.60. The summed E-state index contributed by atoms with van der Waals surface area (Å²) >= 11 is 6.68. The van der Waals surface area contributed by atoms with E-state index in [0.29, 0.717) is 21.6 Å². The number of aryl methyl sites for hydroxylation is 1. The summed E-state index contributed by atoms with van der Waals surface area (Å²) in [4.78, 5) is 20.8. The molecule has 1 saturated heterocycles. The second kappa shape index (κ2) is 7.41. The molecule has 1 fully saturated rings. The van der Waals surface area contributed by atoms with Gasteiger partial charge in [-0.1, -0.05) is 17.7 Å². The summed E-state index contributed by atoms with van der Waals surface area (Å²) in [6.07, 6.45) is 1.57. The van der Waals surface area contributed by atoms with Gasteiger partial charge in [0.25, 0.3) is 5.91 Å². The van der Waals surface area contributed by atoms with E-state index in [0.717, 1.165) is 43.3 Å². The minimum absolute atomic E-state index is 0.0690. The Kier molecular flexibility index (Phi) is 4.95. The Balaban J connectivity index is 1.76. The van der Waals surface area contributed by atoms with Crippen molar-refractivity contribution in [2.24, 2.45) is 0 Å². The average molecular weight is 401 g/mol. The van der Waals surface area contributed by atoms with Gasteiger partial charge in [-0.25, -0.2) is 9.67 Å². The molecule has 146 valence electrons. The van der Waals surface area contributed by atoms with Crippen molar-refractivity contribution in [3.63, 3.8) is 0 Å². The van der Waals surface area contributed by atoms with Crippen LogP contribution in [0.25, 0.3) is 16.7 Å². The Morgan fingerprint density at radius 1 is 1.29 bits per heavy atom. The van der Waals surface area contributed by atoms with Gasteiger partial charge in [-0.15, -0.1) is 0 Å². The molecule has 3 aromatic rings. The average Bonchev–Trinajstić information content (AvgIpc) is 3.06. The highest BCUT2D eigenvalue weighted by Gasteiger charge is 2.26. The number of hydrogen-bond acceptors (Lipinski definition) is 4. The molecule has 28 heavy (non-hydrogen) atoms. The number of benzene rings is 1. The highest BCUT2D eigenvalue weighted by Crippen LogP contribution is 2.31. The highest BCUT2D eigenvalue weighted by atomic mass is 35.5. The molecule has 1 amide bonds. The lowest BCUT2D eigenvalue weighted by atomic mass is 10.1. The smallest absolute Gasteiger partial charge is 0.257 e. The molecule has 0 atom stereocenters. The summed E-state index contributed by atoms with van der Waals surface area (Å²) in [5.74, 6) is 0.661. The van der Waals surface area contributed by atoms with E-state index in [1.807, 2.05) is 36.1 Å². The standard InChI is InChI=1S/C20H22ClN5O2/c1-13-17-18(21)16(20(27)25-9-7-24(2)8-10-25)12-22-19(17)26(23-13)14-5-4-6-15(11-14)28-3/h4-6,11-12H,7-10H2,1-3H3/p+1. The number of carbonyl (C=O) groups is 1. The van der Waals surface area contributed by atoms with E-state index in [4.69, 9.17) is 16.3 Å². The fourth-order valence-corrected chi connectivity index (χ4v) is 3.89. The molecular formula is C20H23ClN5O2+. The molecule has 0 spiro atoms. The Morgan fingerprint density at radius 2 is 2.04 bits per heavy atom. The van der Waals surface area contributed by atoms with Crippen molar-refractivity contribution in [1.29, 1.82) is 0 Å². The van der Waals surface area contributed by atoms with Crippen molar-refractivity contribution in [1.82, 2.24) is 19.7 Å². The molecular weight excluding hydrogens is 378 g/mol. The van der Waals surface area contributed by atoms with E-state index in [1.165, 1.54) is 4.90 Å². The van der Waals surface area contributed by atoms with Gasteiger partial charge in [0.1, 0.15) is 5.75 Å². The van der Waals surface area contributed by atoms with Crippen LogP contribution in [0.4, 0.5) is 0 Å². The number of amides is 1. The SMILES string of the molecule is COc1cccc(-n2nc(C)c3c(Cl)c(C(=O)N4CC[NH+](C)CC4)cnc32)c1. The minimum Gasteiger partial charge on any atom is -0.497 e. The van der Waals surface area contributed by atoms with Gasteiger partial charge in [0.15, 0.2) is 5.65 Å². The summed E-state index contributed by atoms with van der Waals surface area (Å²) in [6.45, 7) is 5.19. The number of nitrogens with zero attached hydrogens (tertiary/aromatic N) is 4. The molecule has 0 aliphatic carbocycles. The number of halogens is 1. The van der Waals surface area contributed by atoms with Crippen LogP contribution in [-0.2, 0) is 0 Å². The van der Waals surface area contributed by atoms with Crippen molar-refractivity contribution in [2.45, 2.75) is 6.92 Å². The predicted molar refractivity (Wildman–Crippen MR) is 108 cm³/mol. The lowest BCUT2D eigenvalue weighted by Crippen LogP contribution is -3.12. The molecule has 4 rings (SSSR count). The first-order valence-corrected chi connectivity index (χ1v) is 9.66. The fourth-order valence-electron chi connectivity index (χ4n) is 3.54. The van der Waals surface area contributed by atoms with Crippen molar-refractivity contribution >= 4 is 28.5 Å². The zero-order valence-electron chi connectivity index (χ0n) is 16.2. The molecule has 1 N–H and O–H groups in total. The van der Waals surface area contributed by atoms with Crippen LogP contribution in [0.3, 0.4) is 0 Å². The van der Waals surface area contributed by atoms with Gasteiger partial charge in [0, 0.05) is 12.3 Å². The van der Waals surface area contributed by atoms with Crippen molar-refractivity contribution in [3.8, 4) is 11.4 Å². The maximum Gasteiger partial charge on any atom is 0.257 e. The van der Waals surface area contributed by atoms with E-state index in [9.17, 15) is 4.79 Å². The van der Waals surface area contributed by atoms with Crippen LogP contribution in [0, 0.1) is 6.92 Å². The van der Waals surface area contributed by atoms with Crippen LogP contribution in [0.2, 0.25) is 5.02 Å². The van der Waals surface area contributed by atoms with E-state index in [1.54, 1.807) is 18.0 Å². The molecule has 0 saturated carbocycles. The Bertz CT molecular complexity index is 1040. The second-order valence-electron chi connectivity index (χ2n) is 7.13. The maximum atomic E-state index is 13.0. The van der Waals surface area contributed by atoms with Gasteiger partial charge >= 0.3 is 0 Å².